The number of aromatic nitrogens is 4. The molecule has 3 rings (SSSR count). The number of tetrazole rings is 1. The second kappa shape index (κ2) is 6.18. The van der Waals surface area contributed by atoms with Crippen LogP contribution in [0.2, 0.25) is 0 Å². The van der Waals surface area contributed by atoms with Crippen molar-refractivity contribution in [2.45, 2.75) is 13.0 Å². The van der Waals surface area contributed by atoms with Gasteiger partial charge in [0.15, 0.2) is 0 Å². The molecular formula is C14H16FN5O2. The topological polar surface area (TPSA) is 73.1 Å². The molecule has 1 saturated heterocycles. The average molecular weight is 305 g/mol. The Morgan fingerprint density at radius 3 is 2.86 bits per heavy atom. The fourth-order valence-electron chi connectivity index (χ4n) is 2.28. The summed E-state index contributed by atoms with van der Waals surface area (Å²) in [6, 6.07) is 5.38. The first kappa shape index (κ1) is 14.6. The number of nitrogens with zero attached hydrogens (tertiary/aromatic N) is 5. The molecule has 0 saturated carbocycles. The summed E-state index contributed by atoms with van der Waals surface area (Å²) in [5.74, 6) is -0.154. The van der Waals surface area contributed by atoms with Gasteiger partial charge in [-0.25, -0.2) is 4.39 Å². The lowest BCUT2D eigenvalue weighted by molar-refractivity contribution is -0.139. The van der Waals surface area contributed by atoms with Gasteiger partial charge in [0, 0.05) is 18.7 Å². The zero-order valence-corrected chi connectivity index (χ0v) is 12.1. The van der Waals surface area contributed by atoms with Gasteiger partial charge in [0.1, 0.15) is 11.9 Å². The van der Waals surface area contributed by atoms with Gasteiger partial charge in [0.25, 0.3) is 0 Å². The number of benzene rings is 1. The number of halogens is 1. The summed E-state index contributed by atoms with van der Waals surface area (Å²) in [6.07, 6.45) is 0. The van der Waals surface area contributed by atoms with E-state index in [2.05, 4.69) is 15.4 Å². The minimum Gasteiger partial charge on any atom is -0.378 e. The summed E-state index contributed by atoms with van der Waals surface area (Å²) >= 11 is 0. The van der Waals surface area contributed by atoms with Crippen molar-refractivity contribution >= 4 is 5.91 Å². The molecule has 1 aromatic heterocycles. The molecule has 7 nitrogen and oxygen atoms in total. The average Bonchev–Trinajstić information content (AvgIpc) is 3.04. The minimum absolute atomic E-state index is 0.0773. The lowest BCUT2D eigenvalue weighted by Gasteiger charge is -2.28. The Kier molecular flexibility index (Phi) is 4.10. The predicted octanol–water partition coefficient (Wildman–Crippen LogP) is 0.899. The van der Waals surface area contributed by atoms with E-state index in [0.717, 1.165) is 0 Å². The summed E-state index contributed by atoms with van der Waals surface area (Å²) in [7, 11) is 0. The van der Waals surface area contributed by atoms with Gasteiger partial charge in [-0.3, -0.25) is 4.79 Å². The molecule has 116 valence electrons. The van der Waals surface area contributed by atoms with E-state index in [0.29, 0.717) is 37.7 Å². The number of morpholine rings is 1. The summed E-state index contributed by atoms with van der Waals surface area (Å²) < 4.78 is 18.5. The maximum atomic E-state index is 13.2. The molecule has 22 heavy (non-hydrogen) atoms. The Bertz CT molecular complexity index is 669. The van der Waals surface area contributed by atoms with E-state index in [1.54, 1.807) is 24.0 Å². The Morgan fingerprint density at radius 2 is 2.14 bits per heavy atom. The molecule has 0 bridgehead atoms. The van der Waals surface area contributed by atoms with Crippen molar-refractivity contribution in [1.29, 1.82) is 0 Å². The Morgan fingerprint density at radius 1 is 1.36 bits per heavy atom. The van der Waals surface area contributed by atoms with Gasteiger partial charge in [-0.05, 0) is 24.3 Å². The second-order valence-electron chi connectivity index (χ2n) is 5.06. The van der Waals surface area contributed by atoms with Crippen molar-refractivity contribution < 1.29 is 13.9 Å². The molecule has 0 spiro atoms. The maximum Gasteiger partial charge on any atom is 0.249 e. The Balaban J connectivity index is 1.76. The molecule has 1 amide bonds. The molecule has 1 aliphatic heterocycles. The van der Waals surface area contributed by atoms with Crippen molar-refractivity contribution in [3.63, 3.8) is 0 Å². The van der Waals surface area contributed by atoms with E-state index < -0.39 is 6.04 Å². The van der Waals surface area contributed by atoms with Gasteiger partial charge in [0.2, 0.25) is 11.7 Å². The van der Waals surface area contributed by atoms with Crippen LogP contribution in [0.15, 0.2) is 24.3 Å². The molecule has 1 fully saturated rings. The molecule has 1 atom stereocenters. The number of ether oxygens (including phenoxy) is 1. The fraction of sp³-hybridized carbons (Fsp3) is 0.429. The van der Waals surface area contributed by atoms with Crippen LogP contribution in [0, 0.1) is 5.82 Å². The number of carbonyl (C=O) groups is 1. The van der Waals surface area contributed by atoms with Crippen LogP contribution in [-0.4, -0.2) is 57.3 Å². The van der Waals surface area contributed by atoms with Gasteiger partial charge >= 0.3 is 0 Å². The van der Waals surface area contributed by atoms with Gasteiger partial charge < -0.3 is 9.64 Å². The van der Waals surface area contributed by atoms with E-state index in [1.807, 2.05) is 0 Å². The highest BCUT2D eigenvalue weighted by molar-refractivity contribution is 5.80. The minimum atomic E-state index is -0.562. The van der Waals surface area contributed by atoms with Crippen molar-refractivity contribution in [2.75, 3.05) is 26.3 Å². The highest BCUT2D eigenvalue weighted by Crippen LogP contribution is 2.16. The van der Waals surface area contributed by atoms with Crippen LogP contribution in [-0.2, 0) is 9.53 Å². The number of hydrogen-bond donors (Lipinski definition) is 0. The third-order valence-corrected chi connectivity index (χ3v) is 3.54. The van der Waals surface area contributed by atoms with Gasteiger partial charge in [-0.15, -0.1) is 10.2 Å². The SMILES string of the molecule is CC(C(=O)N1CCOCC1)n1nnc(-c2cccc(F)c2)n1. The molecular weight excluding hydrogens is 289 g/mol. The molecule has 1 aliphatic rings. The number of amides is 1. The van der Waals surface area contributed by atoms with Gasteiger partial charge in [0.05, 0.1) is 13.2 Å². The van der Waals surface area contributed by atoms with Crippen molar-refractivity contribution in [3.05, 3.63) is 30.1 Å². The van der Waals surface area contributed by atoms with Gasteiger partial charge in [-0.1, -0.05) is 12.1 Å². The summed E-state index contributed by atoms with van der Waals surface area (Å²) in [6.45, 7) is 3.92. The molecule has 0 aliphatic carbocycles. The van der Waals surface area contributed by atoms with Crippen LogP contribution in [0.5, 0.6) is 0 Å². The summed E-state index contributed by atoms with van der Waals surface area (Å²) in [5.41, 5.74) is 0.525. The predicted molar refractivity (Wildman–Crippen MR) is 75.3 cm³/mol. The molecule has 0 N–H and O–H groups in total. The van der Waals surface area contributed by atoms with E-state index in [-0.39, 0.29) is 11.7 Å². The third-order valence-electron chi connectivity index (χ3n) is 3.54. The van der Waals surface area contributed by atoms with E-state index in [1.165, 1.54) is 16.9 Å². The van der Waals surface area contributed by atoms with Crippen LogP contribution in [0.4, 0.5) is 4.39 Å². The summed E-state index contributed by atoms with van der Waals surface area (Å²) in [4.78, 5) is 15.4. The Labute approximate surface area is 126 Å². The molecule has 0 radical (unpaired) electrons. The Hall–Kier alpha value is -2.35. The molecule has 2 aromatic rings. The monoisotopic (exact) mass is 305 g/mol. The van der Waals surface area contributed by atoms with Crippen LogP contribution in [0.3, 0.4) is 0 Å². The largest absolute Gasteiger partial charge is 0.378 e. The molecule has 8 heteroatoms. The number of hydrogen-bond acceptors (Lipinski definition) is 5. The van der Waals surface area contributed by atoms with Crippen LogP contribution < -0.4 is 0 Å². The molecule has 1 unspecified atom stereocenters. The normalized spacial score (nSPS) is 16.5. The second-order valence-corrected chi connectivity index (χ2v) is 5.06. The van der Waals surface area contributed by atoms with Crippen molar-refractivity contribution in [2.24, 2.45) is 0 Å². The van der Waals surface area contributed by atoms with E-state index >= 15 is 0 Å². The van der Waals surface area contributed by atoms with Crippen molar-refractivity contribution in [1.82, 2.24) is 25.1 Å². The molecule has 1 aromatic carbocycles. The van der Waals surface area contributed by atoms with E-state index in [4.69, 9.17) is 4.74 Å². The standard InChI is InChI=1S/C14H16FN5O2/c1-10(14(21)19-5-7-22-8-6-19)20-17-13(16-18-20)11-3-2-4-12(15)9-11/h2-4,9-10H,5-8H2,1H3. The first-order chi connectivity index (χ1) is 10.6. The van der Waals surface area contributed by atoms with Crippen LogP contribution >= 0.6 is 0 Å². The van der Waals surface area contributed by atoms with Crippen LogP contribution in [0.25, 0.3) is 11.4 Å². The smallest absolute Gasteiger partial charge is 0.249 e. The summed E-state index contributed by atoms with van der Waals surface area (Å²) in [5, 5.41) is 12.0. The molecule has 2 heterocycles. The first-order valence-corrected chi connectivity index (χ1v) is 7.07. The van der Waals surface area contributed by atoms with Crippen molar-refractivity contribution in [3.8, 4) is 11.4 Å². The lowest BCUT2D eigenvalue weighted by atomic mass is 10.2. The lowest BCUT2D eigenvalue weighted by Crippen LogP contribution is -2.44. The number of rotatable bonds is 3. The highest BCUT2D eigenvalue weighted by Gasteiger charge is 2.25. The van der Waals surface area contributed by atoms with E-state index in [9.17, 15) is 9.18 Å². The zero-order chi connectivity index (χ0) is 15.5. The fourth-order valence-corrected chi connectivity index (χ4v) is 2.28. The van der Waals surface area contributed by atoms with Crippen LogP contribution in [0.1, 0.15) is 13.0 Å². The quantitative estimate of drug-likeness (QED) is 0.842. The highest BCUT2D eigenvalue weighted by atomic mass is 19.1. The maximum absolute atomic E-state index is 13.2. The first-order valence-electron chi connectivity index (χ1n) is 7.07. The third kappa shape index (κ3) is 2.96. The zero-order valence-electron chi connectivity index (χ0n) is 12.1. The number of carbonyl (C=O) groups excluding carboxylic acids is 1. The van der Waals surface area contributed by atoms with Gasteiger partial charge in [-0.2, -0.15) is 4.80 Å².